The minimum absolute atomic E-state index is 0. The summed E-state index contributed by atoms with van der Waals surface area (Å²) in [7, 11) is 0. The van der Waals surface area contributed by atoms with Gasteiger partial charge in [0.1, 0.15) is 0 Å². The molecule has 0 aliphatic heterocycles. The summed E-state index contributed by atoms with van der Waals surface area (Å²) in [5.74, 6) is 0.659. The molecular weight excluding hydrogens is 217 g/mol. The summed E-state index contributed by atoms with van der Waals surface area (Å²) in [5, 5.41) is 0. The first-order valence-corrected chi connectivity index (χ1v) is 4.91. The van der Waals surface area contributed by atoms with Gasteiger partial charge in [0, 0.05) is 12.1 Å². The van der Waals surface area contributed by atoms with Crippen LogP contribution >= 0.6 is 12.4 Å². The Kier molecular flexibility index (Phi) is 4.36. The normalized spacial score (nSPS) is 14.5. The van der Waals surface area contributed by atoms with Gasteiger partial charge in [0.15, 0.2) is 11.6 Å². The van der Waals surface area contributed by atoms with Gasteiger partial charge >= 0.3 is 0 Å². The van der Waals surface area contributed by atoms with E-state index in [4.69, 9.17) is 10.5 Å². The fourth-order valence-corrected chi connectivity index (χ4v) is 1.32. The smallest absolute Gasteiger partial charge is 0.169 e. The zero-order valence-electron chi connectivity index (χ0n) is 8.41. The minimum atomic E-state index is -0.310. The number of hydrogen-bond donors (Lipinski definition) is 1. The standard InChI is InChI=1S/C11H14FNO.ClH/c12-11-9(6-13)2-1-3-10(11)14-7-8-4-5-8;/h1-3,8H,4-7,13H2;1H. The maximum absolute atomic E-state index is 13.5. The summed E-state index contributed by atoms with van der Waals surface area (Å²) in [6.45, 7) is 0.845. The van der Waals surface area contributed by atoms with Crippen LogP contribution in [0.5, 0.6) is 5.75 Å². The molecule has 0 bridgehead atoms. The molecule has 1 aromatic rings. The highest BCUT2D eigenvalue weighted by Gasteiger charge is 2.22. The average Bonchev–Trinajstić information content (AvgIpc) is 3.00. The zero-order chi connectivity index (χ0) is 9.97. The molecule has 4 heteroatoms. The van der Waals surface area contributed by atoms with Gasteiger partial charge in [-0.05, 0) is 24.8 Å². The molecular formula is C11H15ClFNO. The Balaban J connectivity index is 0.00000112. The number of ether oxygens (including phenoxy) is 1. The van der Waals surface area contributed by atoms with Gasteiger partial charge in [-0.25, -0.2) is 4.39 Å². The van der Waals surface area contributed by atoms with Crippen LogP contribution in [0.15, 0.2) is 18.2 Å². The molecule has 1 aromatic carbocycles. The zero-order valence-corrected chi connectivity index (χ0v) is 9.23. The summed E-state index contributed by atoms with van der Waals surface area (Å²) in [6, 6.07) is 5.10. The SMILES string of the molecule is Cl.NCc1cccc(OCC2CC2)c1F. The number of rotatable bonds is 4. The van der Waals surface area contributed by atoms with E-state index in [1.54, 1.807) is 18.2 Å². The van der Waals surface area contributed by atoms with E-state index in [2.05, 4.69) is 0 Å². The third-order valence-electron chi connectivity index (χ3n) is 2.43. The predicted octanol–water partition coefficient (Wildman–Crippen LogP) is 2.50. The molecule has 1 aliphatic rings. The number of hydrogen-bond acceptors (Lipinski definition) is 2. The maximum Gasteiger partial charge on any atom is 0.169 e. The lowest BCUT2D eigenvalue weighted by Gasteiger charge is -2.08. The molecule has 0 spiro atoms. The number of halogens is 2. The van der Waals surface area contributed by atoms with E-state index in [-0.39, 0.29) is 24.8 Å². The van der Waals surface area contributed by atoms with Gasteiger partial charge in [0.05, 0.1) is 6.61 Å². The topological polar surface area (TPSA) is 35.2 Å². The van der Waals surface area contributed by atoms with Gasteiger partial charge in [0.25, 0.3) is 0 Å². The molecule has 2 rings (SSSR count). The van der Waals surface area contributed by atoms with Gasteiger partial charge < -0.3 is 10.5 Å². The molecule has 0 heterocycles. The Hall–Kier alpha value is -0.800. The van der Waals surface area contributed by atoms with Crippen molar-refractivity contribution in [2.75, 3.05) is 6.61 Å². The Labute approximate surface area is 95.0 Å². The van der Waals surface area contributed by atoms with Gasteiger partial charge in [-0.15, -0.1) is 12.4 Å². The monoisotopic (exact) mass is 231 g/mol. The summed E-state index contributed by atoms with van der Waals surface area (Å²) in [5.41, 5.74) is 5.90. The first-order chi connectivity index (χ1) is 6.81. The van der Waals surface area contributed by atoms with Crippen molar-refractivity contribution in [2.45, 2.75) is 19.4 Å². The third-order valence-corrected chi connectivity index (χ3v) is 2.43. The number of benzene rings is 1. The van der Waals surface area contributed by atoms with Crippen LogP contribution in [0.1, 0.15) is 18.4 Å². The molecule has 1 aliphatic carbocycles. The lowest BCUT2D eigenvalue weighted by atomic mass is 10.2. The van der Waals surface area contributed by atoms with Crippen LogP contribution in [0.3, 0.4) is 0 Å². The highest BCUT2D eigenvalue weighted by atomic mass is 35.5. The Morgan fingerprint density at radius 2 is 2.13 bits per heavy atom. The fourth-order valence-electron chi connectivity index (χ4n) is 1.32. The van der Waals surface area contributed by atoms with Crippen molar-refractivity contribution in [3.05, 3.63) is 29.6 Å². The predicted molar refractivity (Wildman–Crippen MR) is 59.8 cm³/mol. The van der Waals surface area contributed by atoms with Crippen molar-refractivity contribution in [3.63, 3.8) is 0 Å². The average molecular weight is 232 g/mol. The first kappa shape index (κ1) is 12.3. The van der Waals surface area contributed by atoms with Gasteiger partial charge in [-0.3, -0.25) is 0 Å². The summed E-state index contributed by atoms with van der Waals surface area (Å²) in [6.07, 6.45) is 2.41. The lowest BCUT2D eigenvalue weighted by Crippen LogP contribution is -2.05. The molecule has 0 aromatic heterocycles. The Bertz CT molecular complexity index is 328. The second-order valence-corrected chi connectivity index (χ2v) is 3.69. The lowest BCUT2D eigenvalue weighted by molar-refractivity contribution is 0.284. The molecule has 0 amide bonds. The van der Waals surface area contributed by atoms with E-state index >= 15 is 0 Å². The van der Waals surface area contributed by atoms with Crippen molar-refractivity contribution < 1.29 is 9.13 Å². The highest BCUT2D eigenvalue weighted by Crippen LogP contribution is 2.30. The largest absolute Gasteiger partial charge is 0.490 e. The maximum atomic E-state index is 13.5. The molecule has 84 valence electrons. The van der Waals surface area contributed by atoms with Crippen molar-refractivity contribution in [2.24, 2.45) is 11.7 Å². The van der Waals surface area contributed by atoms with Crippen LogP contribution in [0.25, 0.3) is 0 Å². The van der Waals surface area contributed by atoms with E-state index < -0.39 is 0 Å². The van der Waals surface area contributed by atoms with E-state index in [0.29, 0.717) is 23.8 Å². The molecule has 0 radical (unpaired) electrons. The van der Waals surface area contributed by atoms with E-state index in [1.165, 1.54) is 12.8 Å². The summed E-state index contributed by atoms with van der Waals surface area (Å²) in [4.78, 5) is 0. The third kappa shape index (κ3) is 3.08. The van der Waals surface area contributed by atoms with Crippen LogP contribution < -0.4 is 10.5 Å². The molecule has 0 unspecified atom stereocenters. The van der Waals surface area contributed by atoms with Crippen LogP contribution in [0.2, 0.25) is 0 Å². The first-order valence-electron chi connectivity index (χ1n) is 4.91. The Morgan fingerprint density at radius 3 is 2.73 bits per heavy atom. The van der Waals surface area contributed by atoms with Gasteiger partial charge in [-0.1, -0.05) is 12.1 Å². The highest BCUT2D eigenvalue weighted by molar-refractivity contribution is 5.85. The van der Waals surface area contributed by atoms with E-state index in [9.17, 15) is 4.39 Å². The second kappa shape index (κ2) is 5.33. The van der Waals surface area contributed by atoms with Crippen molar-refractivity contribution in [1.82, 2.24) is 0 Å². The molecule has 1 fully saturated rings. The molecule has 15 heavy (non-hydrogen) atoms. The second-order valence-electron chi connectivity index (χ2n) is 3.69. The van der Waals surface area contributed by atoms with Crippen LogP contribution in [-0.2, 0) is 6.54 Å². The summed E-state index contributed by atoms with van der Waals surface area (Å²) >= 11 is 0. The molecule has 0 atom stereocenters. The van der Waals surface area contributed by atoms with Crippen LogP contribution in [0.4, 0.5) is 4.39 Å². The molecule has 2 nitrogen and oxygen atoms in total. The van der Waals surface area contributed by atoms with Crippen LogP contribution in [-0.4, -0.2) is 6.61 Å². The quantitative estimate of drug-likeness (QED) is 0.864. The molecule has 1 saturated carbocycles. The summed E-state index contributed by atoms with van der Waals surface area (Å²) < 4.78 is 18.9. The van der Waals surface area contributed by atoms with Crippen LogP contribution in [0, 0.1) is 11.7 Å². The van der Waals surface area contributed by atoms with E-state index in [1.807, 2.05) is 0 Å². The fraction of sp³-hybridized carbons (Fsp3) is 0.455. The Morgan fingerprint density at radius 1 is 1.40 bits per heavy atom. The minimum Gasteiger partial charge on any atom is -0.490 e. The van der Waals surface area contributed by atoms with Crippen molar-refractivity contribution in [3.8, 4) is 5.75 Å². The molecule has 0 saturated heterocycles. The van der Waals surface area contributed by atoms with Crippen molar-refractivity contribution >= 4 is 12.4 Å². The van der Waals surface area contributed by atoms with Gasteiger partial charge in [-0.2, -0.15) is 0 Å². The molecule has 2 N–H and O–H groups in total. The van der Waals surface area contributed by atoms with E-state index in [0.717, 1.165) is 0 Å². The van der Waals surface area contributed by atoms with Crippen molar-refractivity contribution in [1.29, 1.82) is 0 Å². The van der Waals surface area contributed by atoms with Gasteiger partial charge in [0.2, 0.25) is 0 Å². The number of nitrogens with two attached hydrogens (primary N) is 1.